The van der Waals surface area contributed by atoms with Crippen molar-refractivity contribution in [2.24, 2.45) is 5.73 Å². The number of pyridine rings is 1. The largest absolute Gasteiger partial charge is 0.381 e. The van der Waals surface area contributed by atoms with Crippen molar-refractivity contribution in [3.63, 3.8) is 0 Å². The maximum Gasteiger partial charge on any atom is 0.0419 e. The molecule has 0 saturated carbocycles. The second kappa shape index (κ2) is 5.46. The molecule has 0 aliphatic rings. The second-order valence-corrected chi connectivity index (χ2v) is 4.08. The Labute approximate surface area is 102 Å². The van der Waals surface area contributed by atoms with Crippen LogP contribution in [0.1, 0.15) is 16.7 Å². The maximum absolute atomic E-state index is 5.66. The summed E-state index contributed by atoms with van der Waals surface area (Å²) in [4.78, 5) is 4.07. The minimum atomic E-state index is 0.504. The Kier molecular flexibility index (Phi) is 3.73. The molecule has 3 heteroatoms. The van der Waals surface area contributed by atoms with E-state index in [-0.39, 0.29) is 0 Å². The Morgan fingerprint density at radius 2 is 2.18 bits per heavy atom. The molecule has 0 amide bonds. The summed E-state index contributed by atoms with van der Waals surface area (Å²) in [5.41, 5.74) is 10.3. The number of nitrogens with two attached hydrogens (primary N) is 1. The van der Waals surface area contributed by atoms with Crippen LogP contribution in [0.3, 0.4) is 0 Å². The Balaban J connectivity index is 2.07. The van der Waals surface area contributed by atoms with Crippen molar-refractivity contribution in [2.75, 3.05) is 5.32 Å². The normalized spacial score (nSPS) is 10.2. The Bertz CT molecular complexity index is 494. The molecule has 0 unspecified atom stereocenters. The topological polar surface area (TPSA) is 50.9 Å². The number of benzene rings is 1. The predicted octanol–water partition coefficient (Wildman–Crippen LogP) is 2.46. The van der Waals surface area contributed by atoms with Gasteiger partial charge in [-0.25, -0.2) is 0 Å². The van der Waals surface area contributed by atoms with Crippen molar-refractivity contribution in [1.82, 2.24) is 4.98 Å². The molecule has 2 rings (SSSR count). The summed E-state index contributed by atoms with van der Waals surface area (Å²) in [5.74, 6) is 0. The molecule has 0 atom stereocenters. The van der Waals surface area contributed by atoms with Gasteiger partial charge in [0.05, 0.1) is 0 Å². The first-order valence-electron chi connectivity index (χ1n) is 5.72. The van der Waals surface area contributed by atoms with E-state index in [9.17, 15) is 0 Å². The number of anilines is 1. The van der Waals surface area contributed by atoms with Gasteiger partial charge in [0.25, 0.3) is 0 Å². The number of hydrogen-bond donors (Lipinski definition) is 2. The van der Waals surface area contributed by atoms with E-state index in [0.717, 1.165) is 17.8 Å². The van der Waals surface area contributed by atoms with Crippen LogP contribution in [0.4, 0.5) is 5.69 Å². The Morgan fingerprint density at radius 1 is 1.29 bits per heavy atom. The van der Waals surface area contributed by atoms with Gasteiger partial charge in [0, 0.05) is 36.7 Å². The number of rotatable bonds is 4. The van der Waals surface area contributed by atoms with Crippen molar-refractivity contribution < 1.29 is 0 Å². The molecule has 0 bridgehead atoms. The Hall–Kier alpha value is -1.87. The highest BCUT2D eigenvalue weighted by Crippen LogP contribution is 2.14. The first kappa shape index (κ1) is 11.6. The summed E-state index contributed by atoms with van der Waals surface area (Å²) < 4.78 is 0. The first-order chi connectivity index (χ1) is 8.29. The Morgan fingerprint density at radius 3 is 2.94 bits per heavy atom. The maximum atomic E-state index is 5.66. The highest BCUT2D eigenvalue weighted by atomic mass is 14.9. The van der Waals surface area contributed by atoms with E-state index >= 15 is 0 Å². The van der Waals surface area contributed by atoms with Crippen LogP contribution in [-0.2, 0) is 13.1 Å². The molecule has 0 spiro atoms. The zero-order valence-electron chi connectivity index (χ0n) is 9.98. The zero-order chi connectivity index (χ0) is 12.1. The fraction of sp³-hybridized carbons (Fsp3) is 0.214. The van der Waals surface area contributed by atoms with Crippen LogP contribution in [0.15, 0.2) is 42.7 Å². The third kappa shape index (κ3) is 3.04. The van der Waals surface area contributed by atoms with Crippen LogP contribution in [0.5, 0.6) is 0 Å². The van der Waals surface area contributed by atoms with E-state index < -0.39 is 0 Å². The lowest BCUT2D eigenvalue weighted by atomic mass is 10.1. The lowest BCUT2D eigenvalue weighted by Gasteiger charge is -2.10. The van der Waals surface area contributed by atoms with Crippen LogP contribution in [-0.4, -0.2) is 4.98 Å². The number of aryl methyl sites for hydroxylation is 1. The van der Waals surface area contributed by atoms with Gasteiger partial charge in [0.2, 0.25) is 0 Å². The van der Waals surface area contributed by atoms with Gasteiger partial charge in [-0.3, -0.25) is 4.98 Å². The molecule has 17 heavy (non-hydrogen) atoms. The summed E-state index contributed by atoms with van der Waals surface area (Å²) in [5, 5.41) is 3.39. The van der Waals surface area contributed by atoms with Crippen molar-refractivity contribution >= 4 is 5.69 Å². The van der Waals surface area contributed by atoms with Gasteiger partial charge in [-0.15, -0.1) is 0 Å². The van der Waals surface area contributed by atoms with Gasteiger partial charge in [0.1, 0.15) is 0 Å². The minimum Gasteiger partial charge on any atom is -0.381 e. The van der Waals surface area contributed by atoms with Crippen LogP contribution in [0.2, 0.25) is 0 Å². The van der Waals surface area contributed by atoms with Crippen LogP contribution in [0.25, 0.3) is 0 Å². The number of hydrogen-bond acceptors (Lipinski definition) is 3. The van der Waals surface area contributed by atoms with Gasteiger partial charge in [-0.2, -0.15) is 0 Å². The molecule has 1 aromatic heterocycles. The van der Waals surface area contributed by atoms with E-state index in [1.807, 2.05) is 6.07 Å². The molecule has 3 N–H and O–H groups in total. The van der Waals surface area contributed by atoms with Crippen molar-refractivity contribution in [1.29, 1.82) is 0 Å². The van der Waals surface area contributed by atoms with Crippen molar-refractivity contribution in [3.8, 4) is 0 Å². The molecule has 0 aliphatic heterocycles. The summed E-state index contributed by atoms with van der Waals surface area (Å²) >= 11 is 0. The molecule has 2 aromatic rings. The van der Waals surface area contributed by atoms with E-state index in [1.54, 1.807) is 12.4 Å². The van der Waals surface area contributed by atoms with Crippen LogP contribution in [0, 0.1) is 6.92 Å². The average Bonchev–Trinajstić information content (AvgIpc) is 2.37. The lowest BCUT2D eigenvalue weighted by Crippen LogP contribution is -2.06. The van der Waals surface area contributed by atoms with E-state index in [0.29, 0.717) is 6.54 Å². The number of nitrogens with zero attached hydrogens (tertiary/aromatic N) is 1. The van der Waals surface area contributed by atoms with Gasteiger partial charge in [-0.05, 0) is 18.6 Å². The van der Waals surface area contributed by atoms with Crippen LogP contribution >= 0.6 is 0 Å². The molecule has 3 nitrogen and oxygen atoms in total. The highest BCUT2D eigenvalue weighted by molar-refractivity contribution is 5.49. The molecule has 0 radical (unpaired) electrons. The fourth-order valence-electron chi connectivity index (χ4n) is 1.78. The molecule has 1 heterocycles. The van der Waals surface area contributed by atoms with E-state index in [4.69, 9.17) is 5.73 Å². The molecule has 88 valence electrons. The average molecular weight is 227 g/mol. The second-order valence-electron chi connectivity index (χ2n) is 4.08. The smallest absolute Gasteiger partial charge is 0.0419 e. The molecule has 1 aromatic carbocycles. The summed E-state index contributed by atoms with van der Waals surface area (Å²) in [6.07, 6.45) is 3.58. The number of aromatic nitrogens is 1. The molecular formula is C14H17N3. The molecule has 0 fully saturated rings. The monoisotopic (exact) mass is 227 g/mol. The van der Waals surface area contributed by atoms with Crippen LogP contribution < -0.4 is 11.1 Å². The van der Waals surface area contributed by atoms with Gasteiger partial charge < -0.3 is 11.1 Å². The quantitative estimate of drug-likeness (QED) is 0.843. The summed E-state index contributed by atoms with van der Waals surface area (Å²) in [6, 6.07) is 10.4. The number of nitrogens with one attached hydrogen (secondary N) is 1. The fourth-order valence-corrected chi connectivity index (χ4v) is 1.78. The first-order valence-corrected chi connectivity index (χ1v) is 5.72. The van der Waals surface area contributed by atoms with Crippen molar-refractivity contribution in [2.45, 2.75) is 20.0 Å². The summed E-state index contributed by atoms with van der Waals surface area (Å²) in [7, 11) is 0. The molecule has 0 aliphatic carbocycles. The van der Waals surface area contributed by atoms with Crippen molar-refractivity contribution in [3.05, 3.63) is 59.4 Å². The highest BCUT2D eigenvalue weighted by Gasteiger charge is 2.00. The van der Waals surface area contributed by atoms with Gasteiger partial charge >= 0.3 is 0 Å². The standard InChI is InChI=1S/C14H17N3/c1-11-3-2-4-12(7-11)9-17-14-5-6-16-10-13(14)8-15/h2-7,10H,8-9,15H2,1H3,(H,16,17). The lowest BCUT2D eigenvalue weighted by molar-refractivity contribution is 1.03. The predicted molar refractivity (Wildman–Crippen MR) is 70.6 cm³/mol. The minimum absolute atomic E-state index is 0.504. The van der Waals surface area contributed by atoms with Gasteiger partial charge in [0.15, 0.2) is 0 Å². The molecular weight excluding hydrogens is 210 g/mol. The third-order valence-corrected chi connectivity index (χ3v) is 2.69. The summed E-state index contributed by atoms with van der Waals surface area (Å²) in [6.45, 7) is 3.41. The van der Waals surface area contributed by atoms with E-state index in [2.05, 4.69) is 41.5 Å². The third-order valence-electron chi connectivity index (χ3n) is 2.69. The SMILES string of the molecule is Cc1cccc(CNc2ccncc2CN)c1. The molecule has 0 saturated heterocycles. The zero-order valence-corrected chi connectivity index (χ0v) is 9.98. The van der Waals surface area contributed by atoms with E-state index in [1.165, 1.54) is 11.1 Å². The van der Waals surface area contributed by atoms with Gasteiger partial charge in [-0.1, -0.05) is 29.8 Å².